The van der Waals surface area contributed by atoms with Gasteiger partial charge in [0.25, 0.3) is 5.91 Å². The molecule has 1 aromatic heterocycles. The van der Waals surface area contributed by atoms with E-state index in [-0.39, 0.29) is 10.9 Å². The second kappa shape index (κ2) is 4.90. The highest BCUT2D eigenvalue weighted by atomic mass is 35.5. The number of halogens is 2. The molecule has 1 heterocycles. The number of aryl methyl sites for hydroxylation is 1. The van der Waals surface area contributed by atoms with Gasteiger partial charge in [-0.05, 0) is 37.5 Å². The van der Waals surface area contributed by atoms with Crippen molar-refractivity contribution < 1.29 is 9.18 Å². The highest BCUT2D eigenvalue weighted by Crippen LogP contribution is 2.26. The van der Waals surface area contributed by atoms with Crippen molar-refractivity contribution in [3.8, 4) is 0 Å². The molecule has 0 radical (unpaired) electrons. The van der Waals surface area contributed by atoms with E-state index >= 15 is 0 Å². The first-order valence-electron chi connectivity index (χ1n) is 6.37. The molecule has 104 valence electrons. The van der Waals surface area contributed by atoms with E-state index in [1.807, 2.05) is 7.05 Å². The zero-order valence-electron chi connectivity index (χ0n) is 10.9. The van der Waals surface area contributed by atoms with E-state index in [0.29, 0.717) is 11.4 Å². The standard InChI is InChI=1S/C14H13ClFN3O/c1-19-12-4-2-3-9(12)13(18-19)14(20)17-8-5-6-11(16)10(15)7-8/h5-7H,2-4H2,1H3,(H,17,20). The van der Waals surface area contributed by atoms with Gasteiger partial charge >= 0.3 is 0 Å². The van der Waals surface area contributed by atoms with Crippen LogP contribution in [0.25, 0.3) is 0 Å². The molecule has 0 bridgehead atoms. The third kappa shape index (κ3) is 2.18. The lowest BCUT2D eigenvalue weighted by Crippen LogP contribution is -2.14. The molecule has 1 aromatic carbocycles. The van der Waals surface area contributed by atoms with E-state index in [1.165, 1.54) is 18.2 Å². The minimum absolute atomic E-state index is 0.0194. The number of aromatic nitrogens is 2. The van der Waals surface area contributed by atoms with Crippen molar-refractivity contribution in [2.24, 2.45) is 7.05 Å². The maximum atomic E-state index is 13.1. The van der Waals surface area contributed by atoms with Gasteiger partial charge in [-0.1, -0.05) is 11.6 Å². The summed E-state index contributed by atoms with van der Waals surface area (Å²) in [6, 6.07) is 4.08. The van der Waals surface area contributed by atoms with E-state index in [4.69, 9.17) is 11.6 Å². The Morgan fingerprint density at radius 1 is 1.45 bits per heavy atom. The number of amides is 1. The fourth-order valence-electron chi connectivity index (χ4n) is 2.56. The third-order valence-corrected chi connectivity index (χ3v) is 3.80. The largest absolute Gasteiger partial charge is 0.321 e. The summed E-state index contributed by atoms with van der Waals surface area (Å²) in [5, 5.41) is 6.95. The Morgan fingerprint density at radius 3 is 3.00 bits per heavy atom. The normalized spacial score (nSPS) is 13.3. The molecule has 0 aliphatic heterocycles. The van der Waals surface area contributed by atoms with Crippen molar-refractivity contribution in [2.75, 3.05) is 5.32 Å². The first-order valence-corrected chi connectivity index (χ1v) is 6.75. The van der Waals surface area contributed by atoms with Crippen molar-refractivity contribution in [1.29, 1.82) is 0 Å². The number of carbonyl (C=O) groups is 1. The molecule has 0 saturated carbocycles. The Morgan fingerprint density at radius 2 is 2.25 bits per heavy atom. The van der Waals surface area contributed by atoms with Gasteiger partial charge in [-0.2, -0.15) is 5.10 Å². The molecule has 0 fully saturated rings. The van der Waals surface area contributed by atoms with Crippen LogP contribution in [-0.2, 0) is 19.9 Å². The van der Waals surface area contributed by atoms with Gasteiger partial charge in [0, 0.05) is 24.0 Å². The molecule has 1 N–H and O–H groups in total. The molecule has 0 atom stereocenters. The van der Waals surface area contributed by atoms with E-state index in [0.717, 1.165) is 30.5 Å². The van der Waals surface area contributed by atoms with Gasteiger partial charge < -0.3 is 5.32 Å². The van der Waals surface area contributed by atoms with Gasteiger partial charge in [-0.3, -0.25) is 9.48 Å². The molecule has 0 spiro atoms. The monoisotopic (exact) mass is 293 g/mol. The summed E-state index contributed by atoms with van der Waals surface area (Å²) in [4.78, 5) is 12.3. The van der Waals surface area contributed by atoms with Crippen LogP contribution in [-0.4, -0.2) is 15.7 Å². The number of benzene rings is 1. The molecule has 0 unspecified atom stereocenters. The molecular formula is C14H13ClFN3O. The SMILES string of the molecule is Cn1nc(C(=O)Nc2ccc(F)c(Cl)c2)c2c1CCC2. The third-order valence-electron chi connectivity index (χ3n) is 3.51. The average molecular weight is 294 g/mol. The fourth-order valence-corrected chi connectivity index (χ4v) is 2.74. The van der Waals surface area contributed by atoms with Crippen molar-refractivity contribution in [2.45, 2.75) is 19.3 Å². The number of fused-ring (bicyclic) bond motifs is 1. The topological polar surface area (TPSA) is 46.9 Å². The van der Waals surface area contributed by atoms with Crippen LogP contribution in [0.15, 0.2) is 18.2 Å². The number of hydrogen-bond acceptors (Lipinski definition) is 2. The molecule has 3 rings (SSSR count). The maximum absolute atomic E-state index is 13.1. The van der Waals surface area contributed by atoms with Crippen molar-refractivity contribution in [3.63, 3.8) is 0 Å². The highest BCUT2D eigenvalue weighted by Gasteiger charge is 2.25. The lowest BCUT2D eigenvalue weighted by Gasteiger charge is -2.05. The number of rotatable bonds is 2. The summed E-state index contributed by atoms with van der Waals surface area (Å²) < 4.78 is 14.8. The molecule has 20 heavy (non-hydrogen) atoms. The maximum Gasteiger partial charge on any atom is 0.276 e. The van der Waals surface area contributed by atoms with Crippen molar-refractivity contribution in [3.05, 3.63) is 46.0 Å². The smallest absolute Gasteiger partial charge is 0.276 e. The molecule has 4 nitrogen and oxygen atoms in total. The van der Waals surface area contributed by atoms with Gasteiger partial charge in [0.15, 0.2) is 5.69 Å². The second-order valence-electron chi connectivity index (χ2n) is 4.83. The summed E-state index contributed by atoms with van der Waals surface area (Å²) in [5.41, 5.74) is 3.03. The Labute approximate surface area is 120 Å². The lowest BCUT2D eigenvalue weighted by atomic mass is 10.2. The molecule has 1 amide bonds. The Hall–Kier alpha value is -1.88. The zero-order chi connectivity index (χ0) is 14.3. The predicted molar refractivity (Wildman–Crippen MR) is 74.6 cm³/mol. The first kappa shape index (κ1) is 13.1. The summed E-state index contributed by atoms with van der Waals surface area (Å²) in [7, 11) is 1.84. The van der Waals surface area contributed by atoms with E-state index < -0.39 is 5.82 Å². The molecule has 1 aliphatic rings. The van der Waals surface area contributed by atoms with E-state index in [9.17, 15) is 9.18 Å². The number of nitrogens with one attached hydrogen (secondary N) is 1. The Balaban J connectivity index is 1.86. The predicted octanol–water partition coefficient (Wildman–Crippen LogP) is 2.95. The van der Waals surface area contributed by atoms with Gasteiger partial charge in [0.1, 0.15) is 5.82 Å². The summed E-state index contributed by atoms with van der Waals surface area (Å²) in [6.07, 6.45) is 2.87. The molecule has 0 saturated heterocycles. The lowest BCUT2D eigenvalue weighted by molar-refractivity contribution is 0.102. The van der Waals surface area contributed by atoms with Gasteiger partial charge in [-0.15, -0.1) is 0 Å². The van der Waals surface area contributed by atoms with Gasteiger partial charge in [0.2, 0.25) is 0 Å². The number of nitrogens with zero attached hydrogens (tertiary/aromatic N) is 2. The molecular weight excluding hydrogens is 281 g/mol. The second-order valence-corrected chi connectivity index (χ2v) is 5.24. The van der Waals surface area contributed by atoms with Gasteiger partial charge in [0.05, 0.1) is 5.02 Å². The molecule has 1 aliphatic carbocycles. The van der Waals surface area contributed by atoms with E-state index in [2.05, 4.69) is 10.4 Å². The number of hydrogen-bond donors (Lipinski definition) is 1. The van der Waals surface area contributed by atoms with Crippen LogP contribution in [0.4, 0.5) is 10.1 Å². The quantitative estimate of drug-likeness (QED) is 0.925. The van der Waals surface area contributed by atoms with Crippen molar-refractivity contribution >= 4 is 23.2 Å². The average Bonchev–Trinajstić information content (AvgIpc) is 2.98. The minimum atomic E-state index is -0.511. The zero-order valence-corrected chi connectivity index (χ0v) is 11.7. The molecule has 6 heteroatoms. The summed E-state index contributed by atoms with van der Waals surface area (Å²) in [5.74, 6) is -0.796. The van der Waals surface area contributed by atoms with Crippen LogP contribution in [0, 0.1) is 5.82 Å². The van der Waals surface area contributed by atoms with E-state index in [1.54, 1.807) is 4.68 Å². The van der Waals surface area contributed by atoms with Crippen LogP contribution < -0.4 is 5.32 Å². The van der Waals surface area contributed by atoms with Crippen LogP contribution in [0.3, 0.4) is 0 Å². The number of carbonyl (C=O) groups excluding carboxylic acids is 1. The molecule has 2 aromatic rings. The van der Waals surface area contributed by atoms with Crippen LogP contribution >= 0.6 is 11.6 Å². The Bertz CT molecular complexity index is 696. The highest BCUT2D eigenvalue weighted by molar-refractivity contribution is 6.31. The summed E-state index contributed by atoms with van der Waals surface area (Å²) >= 11 is 5.70. The summed E-state index contributed by atoms with van der Waals surface area (Å²) in [6.45, 7) is 0. The van der Waals surface area contributed by atoms with Crippen LogP contribution in [0.1, 0.15) is 28.2 Å². The minimum Gasteiger partial charge on any atom is -0.321 e. The van der Waals surface area contributed by atoms with Gasteiger partial charge in [-0.25, -0.2) is 4.39 Å². The Kier molecular flexibility index (Phi) is 3.22. The van der Waals surface area contributed by atoms with Crippen molar-refractivity contribution in [1.82, 2.24) is 9.78 Å². The van der Waals surface area contributed by atoms with Crippen LogP contribution in [0.2, 0.25) is 5.02 Å². The number of anilines is 1. The fraction of sp³-hybridized carbons (Fsp3) is 0.286. The van der Waals surface area contributed by atoms with Crippen LogP contribution in [0.5, 0.6) is 0 Å². The first-order chi connectivity index (χ1) is 9.56.